The van der Waals surface area contributed by atoms with Crippen LogP contribution in [0.2, 0.25) is 0 Å². The summed E-state index contributed by atoms with van der Waals surface area (Å²) in [7, 11) is 8.27. The highest BCUT2D eigenvalue weighted by atomic mass is 16.3. The molecule has 0 amide bonds. The maximum Gasteiger partial charge on any atom is 0.0897 e. The third kappa shape index (κ3) is 3.39. The molecule has 8 rings (SSSR count). The molecule has 1 aliphatic carbocycles. The normalized spacial score (nSPS) is 21.4. The maximum absolute atomic E-state index is 12.3. The largest absolute Gasteiger partial charge is 0.398 e. The van der Waals surface area contributed by atoms with Crippen molar-refractivity contribution in [2.24, 2.45) is 0 Å². The van der Waals surface area contributed by atoms with Gasteiger partial charge in [-0.25, -0.2) is 0 Å². The Balaban J connectivity index is 1.41. The molecule has 1 saturated carbocycles. The lowest BCUT2D eigenvalue weighted by atomic mass is 9.60. The van der Waals surface area contributed by atoms with Crippen LogP contribution in [0.15, 0.2) is 78.9 Å². The second kappa shape index (κ2) is 9.39. The molecule has 44 heavy (non-hydrogen) atoms. The van der Waals surface area contributed by atoms with Gasteiger partial charge in [-0.3, -0.25) is 0 Å². The molecule has 7 heteroatoms. The molecule has 6 aromatic carbocycles. The second-order valence-electron chi connectivity index (χ2n) is 12.8. The number of anilines is 5. The first-order valence-electron chi connectivity index (χ1n) is 15.2. The average molecular weight is 584 g/mol. The van der Waals surface area contributed by atoms with Crippen LogP contribution in [0.25, 0.3) is 43.1 Å². The van der Waals surface area contributed by atoms with Crippen molar-refractivity contribution >= 4 is 71.5 Å². The van der Waals surface area contributed by atoms with Crippen molar-refractivity contribution in [3.05, 3.63) is 90.0 Å². The van der Waals surface area contributed by atoms with E-state index in [2.05, 4.69) is 71.3 Å². The first-order valence-corrected chi connectivity index (χ1v) is 15.2. The van der Waals surface area contributed by atoms with Gasteiger partial charge in [-0.15, -0.1) is 0 Å². The molecule has 2 atom stereocenters. The van der Waals surface area contributed by atoms with E-state index in [-0.39, 0.29) is 0 Å². The molecule has 6 aromatic rings. The van der Waals surface area contributed by atoms with Gasteiger partial charge < -0.3 is 36.4 Å². The van der Waals surface area contributed by atoms with Gasteiger partial charge in [0.1, 0.15) is 0 Å². The number of aliphatic hydroxyl groups is 2. The molecule has 222 valence electrons. The van der Waals surface area contributed by atoms with Crippen molar-refractivity contribution in [3.63, 3.8) is 0 Å². The van der Waals surface area contributed by atoms with Gasteiger partial charge >= 0.3 is 0 Å². The molecule has 0 bridgehead atoms. The highest BCUT2D eigenvalue weighted by molar-refractivity contribution is 6.22. The molecule has 1 aliphatic heterocycles. The Morgan fingerprint density at radius 1 is 0.614 bits per heavy atom. The van der Waals surface area contributed by atoms with Crippen LogP contribution >= 0.6 is 0 Å². The molecule has 1 fully saturated rings. The van der Waals surface area contributed by atoms with E-state index in [1.165, 1.54) is 0 Å². The summed E-state index contributed by atoms with van der Waals surface area (Å²) in [6.45, 7) is 0.747. The van der Waals surface area contributed by atoms with Crippen molar-refractivity contribution in [3.8, 4) is 0 Å². The Kier molecular flexibility index (Phi) is 5.73. The van der Waals surface area contributed by atoms with Crippen LogP contribution in [0.3, 0.4) is 0 Å². The minimum atomic E-state index is -0.861. The lowest BCUT2D eigenvalue weighted by molar-refractivity contribution is -0.0765. The number of nitrogens with two attached hydrogens (primary N) is 2. The zero-order valence-corrected chi connectivity index (χ0v) is 25.4. The fourth-order valence-corrected chi connectivity index (χ4v) is 8.37. The highest BCUT2D eigenvalue weighted by Crippen LogP contribution is 2.58. The van der Waals surface area contributed by atoms with Gasteiger partial charge in [-0.1, -0.05) is 60.7 Å². The van der Waals surface area contributed by atoms with E-state index < -0.39 is 24.0 Å². The number of nitrogen functional groups attached to an aromatic ring is 2. The van der Waals surface area contributed by atoms with Gasteiger partial charge in [0, 0.05) is 89.4 Å². The smallest absolute Gasteiger partial charge is 0.0897 e. The van der Waals surface area contributed by atoms with Crippen LogP contribution in [0.4, 0.5) is 28.4 Å². The number of nitrogens with zero attached hydrogens (tertiary/aromatic N) is 3. The van der Waals surface area contributed by atoms with Crippen LogP contribution in [0.5, 0.6) is 0 Å². The Morgan fingerprint density at radius 3 is 1.80 bits per heavy atom. The number of benzene rings is 6. The Labute approximate surface area is 256 Å². The third-order valence-electron chi connectivity index (χ3n) is 10.1. The monoisotopic (exact) mass is 583 g/mol. The minimum Gasteiger partial charge on any atom is -0.398 e. The van der Waals surface area contributed by atoms with E-state index >= 15 is 0 Å². The minimum absolute atomic E-state index is 0.538. The lowest BCUT2D eigenvalue weighted by Gasteiger charge is -2.49. The summed E-state index contributed by atoms with van der Waals surface area (Å²) in [4.78, 5) is 6.61. The summed E-state index contributed by atoms with van der Waals surface area (Å²) in [5.74, 6) is -1.08. The van der Waals surface area contributed by atoms with Gasteiger partial charge in [0.25, 0.3) is 0 Å². The van der Waals surface area contributed by atoms with Crippen molar-refractivity contribution in [2.75, 3.05) is 61.0 Å². The van der Waals surface area contributed by atoms with Gasteiger partial charge in [-0.05, 0) is 40.1 Å². The third-order valence-corrected chi connectivity index (χ3v) is 10.1. The van der Waals surface area contributed by atoms with Crippen LogP contribution in [-0.2, 0) is 0 Å². The van der Waals surface area contributed by atoms with E-state index in [0.29, 0.717) is 11.4 Å². The number of aliphatic hydroxyl groups excluding tert-OH is 2. The predicted octanol–water partition coefficient (Wildman–Crippen LogP) is 5.98. The van der Waals surface area contributed by atoms with Crippen LogP contribution in [0, 0.1) is 0 Å². The van der Waals surface area contributed by atoms with Gasteiger partial charge in [0.05, 0.1) is 30.3 Å². The molecule has 1 heterocycles. The Bertz CT molecular complexity index is 2150. The standard InChI is InChI=1S/C37H37N5O2/c1-40(2)34-20-11-6-5-10-19(20)30(27-22(34)13-7-15-24(27)38)32-36(43)33(37(32)44)31-21-12-9-17-26-29(21)35(42(4)18-41(26)3)23-14-8-16-25(39)28(23)31/h5-17,32-33,36-37,43-44H,18,38-39H2,1-4H3. The molecule has 2 unspecified atom stereocenters. The summed E-state index contributed by atoms with van der Waals surface area (Å²) in [5, 5.41) is 32.6. The molecule has 2 aliphatic rings. The molecular formula is C37H37N5O2. The molecule has 7 nitrogen and oxygen atoms in total. The molecule has 0 aromatic heterocycles. The van der Waals surface area contributed by atoms with Crippen LogP contribution in [-0.4, -0.2) is 57.3 Å². The quantitative estimate of drug-likeness (QED) is 0.150. The van der Waals surface area contributed by atoms with E-state index in [1.54, 1.807) is 0 Å². The molecular weight excluding hydrogens is 546 g/mol. The fourth-order valence-electron chi connectivity index (χ4n) is 8.37. The van der Waals surface area contributed by atoms with Gasteiger partial charge in [0.2, 0.25) is 0 Å². The first kappa shape index (κ1) is 26.9. The summed E-state index contributed by atoms with van der Waals surface area (Å²) < 4.78 is 0. The van der Waals surface area contributed by atoms with Crippen molar-refractivity contribution in [2.45, 2.75) is 24.0 Å². The van der Waals surface area contributed by atoms with Crippen molar-refractivity contribution in [1.29, 1.82) is 0 Å². The molecule has 6 N–H and O–H groups in total. The van der Waals surface area contributed by atoms with Crippen molar-refractivity contribution < 1.29 is 10.2 Å². The summed E-state index contributed by atoms with van der Waals surface area (Å²) in [6.07, 6.45) is -1.72. The topological polar surface area (TPSA) is 102 Å². The number of hydrogen-bond donors (Lipinski definition) is 4. The fraction of sp³-hybridized carbons (Fsp3) is 0.243. The van der Waals surface area contributed by atoms with E-state index in [9.17, 15) is 10.2 Å². The zero-order chi connectivity index (χ0) is 30.6. The van der Waals surface area contributed by atoms with Crippen LogP contribution < -0.4 is 26.2 Å². The Hall–Kier alpha value is -4.72. The maximum atomic E-state index is 12.3. The van der Waals surface area contributed by atoms with E-state index in [0.717, 1.165) is 77.9 Å². The molecule has 0 saturated heterocycles. The summed E-state index contributed by atoms with van der Waals surface area (Å²) >= 11 is 0. The van der Waals surface area contributed by atoms with Gasteiger partial charge in [-0.2, -0.15) is 0 Å². The second-order valence-corrected chi connectivity index (χ2v) is 12.8. The van der Waals surface area contributed by atoms with Crippen LogP contribution in [0.1, 0.15) is 23.0 Å². The zero-order valence-electron chi connectivity index (χ0n) is 25.4. The summed E-state index contributed by atoms with van der Waals surface area (Å²) in [5.41, 5.74) is 19.9. The van der Waals surface area contributed by atoms with E-state index in [1.807, 2.05) is 50.5 Å². The highest BCUT2D eigenvalue weighted by Gasteiger charge is 2.53. The van der Waals surface area contributed by atoms with Gasteiger partial charge in [0.15, 0.2) is 0 Å². The number of rotatable bonds is 3. The van der Waals surface area contributed by atoms with E-state index in [4.69, 9.17) is 11.5 Å². The summed E-state index contributed by atoms with van der Waals surface area (Å²) in [6, 6.07) is 26.5. The number of hydrogen-bond acceptors (Lipinski definition) is 7. The molecule has 0 radical (unpaired) electrons. The van der Waals surface area contributed by atoms with Crippen molar-refractivity contribution in [1.82, 2.24) is 0 Å². The molecule has 0 spiro atoms. The first-order chi connectivity index (χ1) is 21.2. The number of fused-ring (bicyclic) bond motifs is 4. The predicted molar refractivity (Wildman–Crippen MR) is 185 cm³/mol. The lowest BCUT2D eigenvalue weighted by Crippen LogP contribution is -2.52. The average Bonchev–Trinajstić information content (AvgIpc) is 3.00. The Morgan fingerprint density at radius 2 is 1.14 bits per heavy atom. The SMILES string of the molecule is CN(C)c1c2ccccc2c(C2C(O)C(c3c4cccc5c4c(c4cccc(N)c34)N(C)CN5C)C2O)c2c(N)cccc12.